The van der Waals surface area contributed by atoms with Crippen molar-refractivity contribution in [3.8, 4) is 0 Å². The van der Waals surface area contributed by atoms with Crippen LogP contribution in [0.3, 0.4) is 0 Å². The van der Waals surface area contributed by atoms with Gasteiger partial charge in [-0.05, 0) is 23.5 Å². The molecule has 1 rings (SSSR count). The molecule has 2 amide bonds. The number of amides is 2. The van der Waals surface area contributed by atoms with Crippen LogP contribution in [-0.4, -0.2) is 17.5 Å². The van der Waals surface area contributed by atoms with Crippen molar-refractivity contribution < 1.29 is 9.59 Å². The molecule has 0 radical (unpaired) electrons. The van der Waals surface area contributed by atoms with Gasteiger partial charge in [0.15, 0.2) is 0 Å². The van der Waals surface area contributed by atoms with Gasteiger partial charge in [0.25, 0.3) is 0 Å². The molecule has 0 saturated carbocycles. The third kappa shape index (κ3) is 4.21. The molecule has 0 aliphatic carbocycles. The topological polar surface area (TPSA) is 84.6 Å². The van der Waals surface area contributed by atoms with Gasteiger partial charge in [-0.25, -0.2) is 5.43 Å². The number of benzene rings is 1. The van der Waals surface area contributed by atoms with Gasteiger partial charge in [0.2, 0.25) is 0 Å². The normalized spacial score (nSPS) is 12.1. The van der Waals surface area contributed by atoms with Gasteiger partial charge in [-0.1, -0.05) is 45.0 Å². The molecule has 0 aromatic heterocycles. The monoisotopic (exact) mass is 261 g/mol. The summed E-state index contributed by atoms with van der Waals surface area (Å²) in [5.74, 6) is -1.98. The van der Waals surface area contributed by atoms with Crippen LogP contribution in [0.5, 0.6) is 0 Å². The zero-order valence-corrected chi connectivity index (χ0v) is 11.7. The summed E-state index contributed by atoms with van der Waals surface area (Å²) in [5.41, 5.74) is 9.69. The molecule has 102 valence electrons. The van der Waals surface area contributed by atoms with E-state index in [9.17, 15) is 9.59 Å². The summed E-state index contributed by atoms with van der Waals surface area (Å²) in [5, 5.41) is 3.82. The van der Waals surface area contributed by atoms with Crippen LogP contribution in [0.25, 0.3) is 0 Å². The van der Waals surface area contributed by atoms with Gasteiger partial charge in [0.1, 0.15) is 0 Å². The molecule has 1 aromatic carbocycles. The molecule has 1 aromatic rings. The predicted octanol–water partition coefficient (Wildman–Crippen LogP) is 1.31. The standard InChI is InChI=1S/C14H19N3O2/c1-9(16-17-13(19)12(15)18)10-5-7-11(8-6-10)14(2,3)4/h5-8H,1-4H3,(H2,15,18)(H,17,19). The molecular formula is C14H19N3O2. The van der Waals surface area contributed by atoms with E-state index in [4.69, 9.17) is 5.73 Å². The highest BCUT2D eigenvalue weighted by Crippen LogP contribution is 2.22. The SMILES string of the molecule is CC(=NNC(=O)C(N)=O)c1ccc(C(C)(C)C)cc1. The lowest BCUT2D eigenvalue weighted by Crippen LogP contribution is -2.33. The van der Waals surface area contributed by atoms with Crippen molar-refractivity contribution in [1.29, 1.82) is 0 Å². The first-order valence-corrected chi connectivity index (χ1v) is 5.97. The summed E-state index contributed by atoms with van der Waals surface area (Å²) < 4.78 is 0. The summed E-state index contributed by atoms with van der Waals surface area (Å²) in [7, 11) is 0. The Kier molecular flexibility index (Phi) is 4.43. The summed E-state index contributed by atoms with van der Waals surface area (Å²) in [6.07, 6.45) is 0. The first kappa shape index (κ1) is 14.9. The molecule has 0 saturated heterocycles. The number of hydrogen-bond acceptors (Lipinski definition) is 3. The zero-order chi connectivity index (χ0) is 14.6. The smallest absolute Gasteiger partial charge is 0.329 e. The number of carbonyl (C=O) groups excluding carboxylic acids is 2. The average molecular weight is 261 g/mol. The minimum absolute atomic E-state index is 0.0871. The van der Waals surface area contributed by atoms with E-state index in [2.05, 4.69) is 31.3 Å². The average Bonchev–Trinajstić information content (AvgIpc) is 2.34. The van der Waals surface area contributed by atoms with Crippen LogP contribution in [0, 0.1) is 0 Å². The molecule has 0 fully saturated rings. The Balaban J connectivity index is 2.84. The molecule has 0 heterocycles. The molecule has 5 nitrogen and oxygen atoms in total. The number of hydrazone groups is 1. The minimum Gasteiger partial charge on any atom is -0.361 e. The van der Waals surface area contributed by atoms with Crippen LogP contribution < -0.4 is 11.2 Å². The van der Waals surface area contributed by atoms with E-state index >= 15 is 0 Å². The van der Waals surface area contributed by atoms with Gasteiger partial charge in [-0.2, -0.15) is 5.10 Å². The third-order valence-electron chi connectivity index (χ3n) is 2.72. The number of nitrogens with two attached hydrogens (primary N) is 1. The molecule has 0 bridgehead atoms. The van der Waals surface area contributed by atoms with Gasteiger partial charge < -0.3 is 5.73 Å². The maximum Gasteiger partial charge on any atom is 0.329 e. The predicted molar refractivity (Wildman–Crippen MR) is 74.7 cm³/mol. The quantitative estimate of drug-likeness (QED) is 0.478. The molecule has 19 heavy (non-hydrogen) atoms. The van der Waals surface area contributed by atoms with Crippen molar-refractivity contribution in [2.75, 3.05) is 0 Å². The summed E-state index contributed by atoms with van der Waals surface area (Å²) >= 11 is 0. The summed E-state index contributed by atoms with van der Waals surface area (Å²) in [6, 6.07) is 7.89. The van der Waals surface area contributed by atoms with E-state index in [1.807, 2.05) is 24.3 Å². The van der Waals surface area contributed by atoms with Gasteiger partial charge in [-0.15, -0.1) is 0 Å². The van der Waals surface area contributed by atoms with E-state index in [1.165, 1.54) is 5.56 Å². The molecule has 5 heteroatoms. The van der Waals surface area contributed by atoms with Crippen LogP contribution in [0.15, 0.2) is 29.4 Å². The lowest BCUT2D eigenvalue weighted by Gasteiger charge is -2.19. The Morgan fingerprint density at radius 1 is 1.16 bits per heavy atom. The zero-order valence-electron chi connectivity index (χ0n) is 11.7. The van der Waals surface area contributed by atoms with Gasteiger partial charge >= 0.3 is 11.8 Å². The Bertz CT molecular complexity index is 510. The van der Waals surface area contributed by atoms with Crippen molar-refractivity contribution in [2.45, 2.75) is 33.1 Å². The van der Waals surface area contributed by atoms with Crippen molar-refractivity contribution in [3.63, 3.8) is 0 Å². The van der Waals surface area contributed by atoms with Crippen LogP contribution in [0.1, 0.15) is 38.8 Å². The lowest BCUT2D eigenvalue weighted by atomic mass is 9.86. The molecular weight excluding hydrogens is 242 g/mol. The molecule has 0 aliphatic heterocycles. The number of rotatable bonds is 2. The number of carbonyl (C=O) groups is 2. The third-order valence-corrected chi connectivity index (χ3v) is 2.72. The summed E-state index contributed by atoms with van der Waals surface area (Å²) in [4.78, 5) is 21.5. The van der Waals surface area contributed by atoms with E-state index in [1.54, 1.807) is 6.92 Å². The van der Waals surface area contributed by atoms with Crippen molar-refractivity contribution >= 4 is 17.5 Å². The Hall–Kier alpha value is -2.17. The first-order chi connectivity index (χ1) is 8.71. The van der Waals surface area contributed by atoms with Crippen LogP contribution in [0.4, 0.5) is 0 Å². The van der Waals surface area contributed by atoms with Crippen LogP contribution in [0.2, 0.25) is 0 Å². The Labute approximate surface area is 112 Å². The first-order valence-electron chi connectivity index (χ1n) is 5.97. The van der Waals surface area contributed by atoms with E-state index in [0.29, 0.717) is 5.71 Å². The van der Waals surface area contributed by atoms with Crippen molar-refractivity contribution in [2.24, 2.45) is 10.8 Å². The van der Waals surface area contributed by atoms with E-state index in [-0.39, 0.29) is 5.41 Å². The number of primary amides is 1. The van der Waals surface area contributed by atoms with Crippen LogP contribution >= 0.6 is 0 Å². The lowest BCUT2D eigenvalue weighted by molar-refractivity contribution is -0.137. The highest BCUT2D eigenvalue weighted by molar-refractivity contribution is 6.34. The highest BCUT2D eigenvalue weighted by atomic mass is 16.2. The highest BCUT2D eigenvalue weighted by Gasteiger charge is 2.13. The number of nitrogens with zero attached hydrogens (tertiary/aromatic N) is 1. The molecule has 0 spiro atoms. The Morgan fingerprint density at radius 2 is 1.68 bits per heavy atom. The number of nitrogens with one attached hydrogen (secondary N) is 1. The second kappa shape index (κ2) is 5.65. The minimum atomic E-state index is -1.06. The largest absolute Gasteiger partial charge is 0.361 e. The fourth-order valence-corrected chi connectivity index (χ4v) is 1.47. The van der Waals surface area contributed by atoms with Crippen molar-refractivity contribution in [1.82, 2.24) is 5.43 Å². The van der Waals surface area contributed by atoms with Gasteiger partial charge in [0.05, 0.1) is 5.71 Å². The summed E-state index contributed by atoms with van der Waals surface area (Å²) in [6.45, 7) is 8.15. The Morgan fingerprint density at radius 3 is 2.11 bits per heavy atom. The van der Waals surface area contributed by atoms with Gasteiger partial charge in [-0.3, -0.25) is 9.59 Å². The second-order valence-corrected chi connectivity index (χ2v) is 5.33. The van der Waals surface area contributed by atoms with E-state index in [0.717, 1.165) is 5.56 Å². The fourth-order valence-electron chi connectivity index (χ4n) is 1.47. The molecule has 3 N–H and O–H groups in total. The maximum atomic E-state index is 11.0. The fraction of sp³-hybridized carbons (Fsp3) is 0.357. The second-order valence-electron chi connectivity index (χ2n) is 5.33. The number of hydrogen-bond donors (Lipinski definition) is 2. The van der Waals surface area contributed by atoms with Crippen molar-refractivity contribution in [3.05, 3.63) is 35.4 Å². The molecule has 0 unspecified atom stereocenters. The van der Waals surface area contributed by atoms with Crippen LogP contribution in [-0.2, 0) is 15.0 Å². The maximum absolute atomic E-state index is 11.0. The van der Waals surface area contributed by atoms with Gasteiger partial charge in [0, 0.05) is 0 Å². The molecule has 0 aliphatic rings. The van der Waals surface area contributed by atoms with E-state index < -0.39 is 11.8 Å². The molecule has 0 atom stereocenters.